The van der Waals surface area contributed by atoms with Crippen LogP contribution in [0.3, 0.4) is 0 Å². The number of para-hydroxylation sites is 1. The highest BCUT2D eigenvalue weighted by Crippen LogP contribution is 2.38. The van der Waals surface area contributed by atoms with Crippen LogP contribution in [0.5, 0.6) is 0 Å². The molecule has 0 fully saturated rings. The highest BCUT2D eigenvalue weighted by Gasteiger charge is 2.28. The van der Waals surface area contributed by atoms with E-state index in [2.05, 4.69) is 43.4 Å². The number of hydrogen-bond acceptors (Lipinski definition) is 2. The van der Waals surface area contributed by atoms with Crippen molar-refractivity contribution in [2.45, 2.75) is 13.8 Å². The second-order valence-electron chi connectivity index (χ2n) is 5.28. The molecule has 1 aromatic heterocycles. The van der Waals surface area contributed by atoms with Crippen LogP contribution >= 0.6 is 12.4 Å². The van der Waals surface area contributed by atoms with Crippen LogP contribution < -0.4 is 5.32 Å². The van der Waals surface area contributed by atoms with Crippen LogP contribution in [-0.4, -0.2) is 13.1 Å². The van der Waals surface area contributed by atoms with Gasteiger partial charge in [0.25, 0.3) is 0 Å². The summed E-state index contributed by atoms with van der Waals surface area (Å²) >= 11 is 0. The molecule has 1 aromatic carbocycles. The van der Waals surface area contributed by atoms with Gasteiger partial charge < -0.3 is 9.73 Å². The number of fused-ring (bicyclic) bond motifs is 1. The van der Waals surface area contributed by atoms with Gasteiger partial charge in [-0.2, -0.15) is 0 Å². The molecule has 2 aromatic rings. The first-order chi connectivity index (χ1) is 8.18. The van der Waals surface area contributed by atoms with Crippen molar-refractivity contribution in [2.75, 3.05) is 13.1 Å². The van der Waals surface area contributed by atoms with Crippen LogP contribution in [-0.2, 0) is 0 Å². The minimum Gasteiger partial charge on any atom is -0.464 e. The smallest absolute Gasteiger partial charge is 0.141 e. The van der Waals surface area contributed by atoms with Gasteiger partial charge in [-0.1, -0.05) is 38.1 Å². The Balaban J connectivity index is 0.00000120. The highest BCUT2D eigenvalue weighted by atomic mass is 35.5. The minimum absolute atomic E-state index is 0. The molecule has 0 unspecified atom stereocenters. The van der Waals surface area contributed by atoms with E-state index in [0.717, 1.165) is 18.7 Å². The average Bonchev–Trinajstić information content (AvgIpc) is 2.76. The Morgan fingerprint density at radius 1 is 1.22 bits per heavy atom. The molecule has 1 aliphatic rings. The van der Waals surface area contributed by atoms with Gasteiger partial charge in [0.2, 0.25) is 0 Å². The molecule has 0 aliphatic carbocycles. The maximum Gasteiger partial charge on any atom is 0.141 e. The lowest BCUT2D eigenvalue weighted by Crippen LogP contribution is -2.35. The lowest BCUT2D eigenvalue weighted by atomic mass is 9.78. The molecule has 1 aliphatic heterocycles. The Morgan fingerprint density at radius 3 is 2.83 bits per heavy atom. The fraction of sp³-hybridized carbons (Fsp3) is 0.333. The van der Waals surface area contributed by atoms with Gasteiger partial charge in [-0.25, -0.2) is 0 Å². The predicted molar refractivity (Wildman–Crippen MR) is 78.1 cm³/mol. The first-order valence-corrected chi connectivity index (χ1v) is 6.06. The fourth-order valence-electron chi connectivity index (χ4n) is 2.61. The summed E-state index contributed by atoms with van der Waals surface area (Å²) < 4.78 is 5.63. The van der Waals surface area contributed by atoms with Crippen LogP contribution in [0.25, 0.3) is 16.5 Å². The third-order valence-corrected chi connectivity index (χ3v) is 3.52. The number of rotatable bonds is 1. The topological polar surface area (TPSA) is 25.2 Å². The molecule has 0 spiro atoms. The Morgan fingerprint density at radius 2 is 2.06 bits per heavy atom. The zero-order chi connectivity index (χ0) is 11.9. The van der Waals surface area contributed by atoms with Gasteiger partial charge in [0.1, 0.15) is 5.58 Å². The second kappa shape index (κ2) is 4.79. The van der Waals surface area contributed by atoms with Crippen LogP contribution in [0.15, 0.2) is 41.0 Å². The van der Waals surface area contributed by atoms with E-state index in [1.807, 2.05) is 6.07 Å². The summed E-state index contributed by atoms with van der Waals surface area (Å²) in [5.74, 6) is 0. The second-order valence-corrected chi connectivity index (χ2v) is 5.28. The number of benzene rings is 1. The summed E-state index contributed by atoms with van der Waals surface area (Å²) in [5, 5.41) is 4.59. The van der Waals surface area contributed by atoms with E-state index in [9.17, 15) is 0 Å². The van der Waals surface area contributed by atoms with E-state index >= 15 is 0 Å². The van der Waals surface area contributed by atoms with E-state index in [-0.39, 0.29) is 17.8 Å². The van der Waals surface area contributed by atoms with Crippen molar-refractivity contribution >= 4 is 28.9 Å². The van der Waals surface area contributed by atoms with Crippen molar-refractivity contribution in [1.82, 2.24) is 5.32 Å². The van der Waals surface area contributed by atoms with Gasteiger partial charge in [-0.15, -0.1) is 12.4 Å². The van der Waals surface area contributed by atoms with E-state index in [4.69, 9.17) is 4.42 Å². The zero-order valence-electron chi connectivity index (χ0n) is 10.7. The number of nitrogens with one attached hydrogen (secondary N) is 1. The molecule has 2 nitrogen and oxygen atoms in total. The van der Waals surface area contributed by atoms with Crippen molar-refractivity contribution in [1.29, 1.82) is 0 Å². The van der Waals surface area contributed by atoms with Gasteiger partial charge in [0.15, 0.2) is 0 Å². The monoisotopic (exact) mass is 263 g/mol. The summed E-state index contributed by atoms with van der Waals surface area (Å²) in [6.45, 7) is 6.49. The zero-order valence-corrected chi connectivity index (χ0v) is 11.5. The van der Waals surface area contributed by atoms with E-state index in [1.165, 1.54) is 16.5 Å². The molecule has 0 saturated heterocycles. The summed E-state index contributed by atoms with van der Waals surface area (Å²) in [5.41, 5.74) is 3.78. The maximum absolute atomic E-state index is 5.63. The predicted octanol–water partition coefficient (Wildman–Crippen LogP) is 3.87. The lowest BCUT2D eigenvalue weighted by molar-refractivity contribution is 0.445. The lowest BCUT2D eigenvalue weighted by Gasteiger charge is -2.32. The molecule has 0 amide bonds. The van der Waals surface area contributed by atoms with E-state index < -0.39 is 0 Å². The normalized spacial score (nSPS) is 18.2. The van der Waals surface area contributed by atoms with Gasteiger partial charge in [0.05, 0.1) is 6.26 Å². The molecular weight excluding hydrogens is 246 g/mol. The van der Waals surface area contributed by atoms with Crippen molar-refractivity contribution in [3.63, 3.8) is 0 Å². The molecule has 3 heteroatoms. The molecule has 0 bridgehead atoms. The largest absolute Gasteiger partial charge is 0.464 e. The molecule has 3 rings (SSSR count). The molecule has 96 valence electrons. The SMILES string of the molecule is CC1(C)CNCC=C1c1cccc2ccoc12.Cl. The van der Waals surface area contributed by atoms with Gasteiger partial charge in [-0.05, 0) is 11.6 Å². The first kappa shape index (κ1) is 13.2. The van der Waals surface area contributed by atoms with Crippen molar-refractivity contribution < 1.29 is 4.42 Å². The standard InChI is InChI=1S/C15H17NO.ClH/c1-15(2)10-16-8-6-13(15)12-5-3-4-11-7-9-17-14(11)12;/h3-7,9,16H,8,10H2,1-2H3;1H. The summed E-state index contributed by atoms with van der Waals surface area (Å²) in [4.78, 5) is 0. The average molecular weight is 264 g/mol. The van der Waals surface area contributed by atoms with Gasteiger partial charge in [-0.3, -0.25) is 0 Å². The first-order valence-electron chi connectivity index (χ1n) is 6.06. The molecule has 0 saturated carbocycles. The minimum atomic E-state index is 0. The molecule has 2 heterocycles. The fourth-order valence-corrected chi connectivity index (χ4v) is 2.61. The van der Waals surface area contributed by atoms with Crippen LogP contribution in [0.4, 0.5) is 0 Å². The van der Waals surface area contributed by atoms with Crippen molar-refractivity contribution in [2.24, 2.45) is 5.41 Å². The van der Waals surface area contributed by atoms with Crippen molar-refractivity contribution in [3.05, 3.63) is 42.2 Å². The summed E-state index contributed by atoms with van der Waals surface area (Å²) in [6, 6.07) is 8.38. The third-order valence-electron chi connectivity index (χ3n) is 3.52. The Kier molecular flexibility index (Phi) is 3.51. The number of hydrogen-bond donors (Lipinski definition) is 1. The molecule has 0 radical (unpaired) electrons. The van der Waals surface area contributed by atoms with E-state index in [0.29, 0.717) is 0 Å². The summed E-state index contributed by atoms with van der Waals surface area (Å²) in [6.07, 6.45) is 4.05. The quantitative estimate of drug-likeness (QED) is 0.845. The van der Waals surface area contributed by atoms with E-state index in [1.54, 1.807) is 6.26 Å². The maximum atomic E-state index is 5.63. The molecule has 1 N–H and O–H groups in total. The highest BCUT2D eigenvalue weighted by molar-refractivity contribution is 5.91. The van der Waals surface area contributed by atoms with Crippen molar-refractivity contribution in [3.8, 4) is 0 Å². The summed E-state index contributed by atoms with van der Waals surface area (Å²) in [7, 11) is 0. The van der Waals surface area contributed by atoms with Gasteiger partial charge >= 0.3 is 0 Å². The van der Waals surface area contributed by atoms with Crippen LogP contribution in [0, 0.1) is 5.41 Å². The Bertz CT molecular complexity index is 583. The molecule has 0 atom stereocenters. The van der Waals surface area contributed by atoms with Gasteiger partial charge in [0, 0.05) is 29.5 Å². The van der Waals surface area contributed by atoms with Crippen LogP contribution in [0.2, 0.25) is 0 Å². The molecular formula is C15H18ClNO. The Labute approximate surface area is 113 Å². The number of furan rings is 1. The third kappa shape index (κ3) is 2.06. The van der Waals surface area contributed by atoms with Crippen LogP contribution in [0.1, 0.15) is 19.4 Å². The number of halogens is 1. The molecule has 18 heavy (non-hydrogen) atoms. The Hall–Kier alpha value is -1.25.